The van der Waals surface area contributed by atoms with Crippen molar-refractivity contribution >= 4 is 11.6 Å². The van der Waals surface area contributed by atoms with E-state index < -0.39 is 0 Å². The van der Waals surface area contributed by atoms with E-state index in [-0.39, 0.29) is 0 Å². The van der Waals surface area contributed by atoms with Crippen LogP contribution in [0.25, 0.3) is 0 Å². The van der Waals surface area contributed by atoms with Gasteiger partial charge < -0.3 is 10.2 Å². The molecular weight excluding hydrogens is 236 g/mol. The van der Waals surface area contributed by atoms with Gasteiger partial charge in [-0.3, -0.25) is 0 Å². The summed E-state index contributed by atoms with van der Waals surface area (Å²) < 4.78 is 0. The molecule has 0 aliphatic rings. The molecule has 0 amide bonds. The SMILES string of the molecule is CCCN(CCC)c1cc(NCCC(C)C)ncn1. The number of rotatable bonds is 9. The lowest BCUT2D eigenvalue weighted by Gasteiger charge is -2.22. The van der Waals surface area contributed by atoms with Crippen LogP contribution in [0.5, 0.6) is 0 Å². The second-order valence-corrected chi connectivity index (χ2v) is 5.36. The molecule has 1 rings (SSSR count). The Balaban J connectivity index is 2.63. The lowest BCUT2D eigenvalue weighted by atomic mass is 10.1. The fourth-order valence-electron chi connectivity index (χ4n) is 1.99. The molecule has 0 bridgehead atoms. The molecule has 4 heteroatoms. The first-order chi connectivity index (χ1) is 9.17. The van der Waals surface area contributed by atoms with E-state index in [2.05, 4.69) is 53.9 Å². The quantitative estimate of drug-likeness (QED) is 0.740. The summed E-state index contributed by atoms with van der Waals surface area (Å²) in [6.45, 7) is 11.9. The largest absolute Gasteiger partial charge is 0.370 e. The molecule has 1 aromatic heterocycles. The summed E-state index contributed by atoms with van der Waals surface area (Å²) >= 11 is 0. The third-order valence-electron chi connectivity index (χ3n) is 2.99. The second-order valence-electron chi connectivity index (χ2n) is 5.36. The molecule has 0 saturated heterocycles. The minimum Gasteiger partial charge on any atom is -0.370 e. The monoisotopic (exact) mass is 264 g/mol. The van der Waals surface area contributed by atoms with Crippen LogP contribution < -0.4 is 10.2 Å². The normalized spacial score (nSPS) is 10.8. The molecule has 1 N–H and O–H groups in total. The lowest BCUT2D eigenvalue weighted by Crippen LogP contribution is -2.26. The Morgan fingerprint density at radius 3 is 2.42 bits per heavy atom. The molecule has 0 aromatic carbocycles. The number of anilines is 2. The third-order valence-corrected chi connectivity index (χ3v) is 2.99. The molecule has 4 nitrogen and oxygen atoms in total. The molecule has 0 atom stereocenters. The summed E-state index contributed by atoms with van der Waals surface area (Å²) in [7, 11) is 0. The van der Waals surface area contributed by atoms with E-state index in [1.54, 1.807) is 6.33 Å². The number of aromatic nitrogens is 2. The van der Waals surface area contributed by atoms with E-state index >= 15 is 0 Å². The summed E-state index contributed by atoms with van der Waals surface area (Å²) in [6.07, 6.45) is 5.10. The van der Waals surface area contributed by atoms with Crippen LogP contribution in [0.4, 0.5) is 11.6 Å². The molecule has 1 aromatic rings. The van der Waals surface area contributed by atoms with Crippen LogP contribution in [0.1, 0.15) is 47.0 Å². The van der Waals surface area contributed by atoms with E-state index in [9.17, 15) is 0 Å². The first-order valence-electron chi connectivity index (χ1n) is 7.48. The second kappa shape index (κ2) is 8.73. The summed E-state index contributed by atoms with van der Waals surface area (Å²) in [6, 6.07) is 2.06. The van der Waals surface area contributed by atoms with Crippen molar-refractivity contribution in [2.75, 3.05) is 29.9 Å². The molecule has 0 fully saturated rings. The van der Waals surface area contributed by atoms with Gasteiger partial charge in [0.05, 0.1) is 0 Å². The topological polar surface area (TPSA) is 41.0 Å². The maximum absolute atomic E-state index is 4.39. The minimum absolute atomic E-state index is 0.713. The smallest absolute Gasteiger partial charge is 0.134 e. The Bertz CT molecular complexity index is 346. The Morgan fingerprint density at radius 2 is 1.84 bits per heavy atom. The lowest BCUT2D eigenvalue weighted by molar-refractivity contribution is 0.606. The van der Waals surface area contributed by atoms with Crippen LogP contribution in [-0.2, 0) is 0 Å². The fraction of sp³-hybridized carbons (Fsp3) is 0.733. The highest BCUT2D eigenvalue weighted by Crippen LogP contribution is 2.15. The van der Waals surface area contributed by atoms with Crippen molar-refractivity contribution in [1.29, 1.82) is 0 Å². The maximum atomic E-state index is 4.39. The third kappa shape index (κ3) is 5.90. The van der Waals surface area contributed by atoms with Crippen molar-refractivity contribution in [2.45, 2.75) is 47.0 Å². The first-order valence-corrected chi connectivity index (χ1v) is 7.48. The van der Waals surface area contributed by atoms with Gasteiger partial charge in [0.2, 0.25) is 0 Å². The Morgan fingerprint density at radius 1 is 1.16 bits per heavy atom. The molecule has 19 heavy (non-hydrogen) atoms. The number of hydrogen-bond acceptors (Lipinski definition) is 4. The molecule has 0 unspecified atom stereocenters. The van der Waals surface area contributed by atoms with Crippen LogP contribution in [0.3, 0.4) is 0 Å². The zero-order chi connectivity index (χ0) is 14.1. The van der Waals surface area contributed by atoms with Gasteiger partial charge in [0.25, 0.3) is 0 Å². The summed E-state index contributed by atoms with van der Waals surface area (Å²) in [5.74, 6) is 2.68. The van der Waals surface area contributed by atoms with Gasteiger partial charge in [-0.05, 0) is 25.2 Å². The Kier molecular flexibility index (Phi) is 7.23. The van der Waals surface area contributed by atoms with Crippen molar-refractivity contribution in [3.05, 3.63) is 12.4 Å². The average Bonchev–Trinajstić information content (AvgIpc) is 2.38. The van der Waals surface area contributed by atoms with Crippen molar-refractivity contribution in [3.63, 3.8) is 0 Å². The van der Waals surface area contributed by atoms with Crippen LogP contribution in [0.15, 0.2) is 12.4 Å². The summed E-state index contributed by atoms with van der Waals surface area (Å²) in [5, 5.41) is 3.38. The number of nitrogens with zero attached hydrogens (tertiary/aromatic N) is 3. The Hall–Kier alpha value is -1.32. The zero-order valence-electron chi connectivity index (χ0n) is 12.8. The van der Waals surface area contributed by atoms with Gasteiger partial charge in [-0.25, -0.2) is 9.97 Å². The van der Waals surface area contributed by atoms with Crippen molar-refractivity contribution < 1.29 is 0 Å². The molecule has 0 saturated carbocycles. The van der Waals surface area contributed by atoms with Gasteiger partial charge in [-0.1, -0.05) is 27.7 Å². The highest BCUT2D eigenvalue weighted by Gasteiger charge is 2.07. The molecule has 0 aliphatic carbocycles. The van der Waals surface area contributed by atoms with E-state index in [0.717, 1.165) is 50.5 Å². The molecule has 1 heterocycles. The first kappa shape index (κ1) is 15.7. The van der Waals surface area contributed by atoms with Crippen LogP contribution in [-0.4, -0.2) is 29.6 Å². The molecular formula is C15H28N4. The Labute approximate surface area is 117 Å². The van der Waals surface area contributed by atoms with Gasteiger partial charge in [-0.2, -0.15) is 0 Å². The van der Waals surface area contributed by atoms with Gasteiger partial charge in [0, 0.05) is 25.7 Å². The van der Waals surface area contributed by atoms with Gasteiger partial charge in [0.15, 0.2) is 0 Å². The summed E-state index contributed by atoms with van der Waals surface area (Å²) in [4.78, 5) is 11.0. The standard InChI is InChI=1S/C15H28N4/c1-5-9-19(10-6-2)15-11-14(17-12-18-15)16-8-7-13(3)4/h11-13H,5-10H2,1-4H3,(H,16,17,18). The predicted octanol–water partition coefficient (Wildman–Crippen LogP) is 3.56. The van der Waals surface area contributed by atoms with Crippen molar-refractivity contribution in [3.8, 4) is 0 Å². The highest BCUT2D eigenvalue weighted by atomic mass is 15.2. The number of hydrogen-bond donors (Lipinski definition) is 1. The van der Waals surface area contributed by atoms with E-state index in [1.165, 1.54) is 0 Å². The van der Waals surface area contributed by atoms with Gasteiger partial charge >= 0.3 is 0 Å². The van der Waals surface area contributed by atoms with E-state index in [0.29, 0.717) is 5.92 Å². The van der Waals surface area contributed by atoms with E-state index in [4.69, 9.17) is 0 Å². The molecule has 0 radical (unpaired) electrons. The molecule has 108 valence electrons. The minimum atomic E-state index is 0.713. The van der Waals surface area contributed by atoms with Crippen LogP contribution >= 0.6 is 0 Å². The molecule has 0 spiro atoms. The van der Waals surface area contributed by atoms with Crippen molar-refractivity contribution in [2.24, 2.45) is 5.92 Å². The number of nitrogens with one attached hydrogen (secondary N) is 1. The maximum Gasteiger partial charge on any atom is 0.134 e. The fourth-order valence-corrected chi connectivity index (χ4v) is 1.99. The van der Waals surface area contributed by atoms with E-state index in [1.807, 2.05) is 0 Å². The zero-order valence-corrected chi connectivity index (χ0v) is 12.8. The van der Waals surface area contributed by atoms with Gasteiger partial charge in [-0.15, -0.1) is 0 Å². The van der Waals surface area contributed by atoms with Crippen LogP contribution in [0, 0.1) is 5.92 Å². The highest BCUT2D eigenvalue weighted by molar-refractivity contribution is 5.48. The predicted molar refractivity (Wildman–Crippen MR) is 82.8 cm³/mol. The van der Waals surface area contributed by atoms with Crippen LogP contribution in [0.2, 0.25) is 0 Å². The average molecular weight is 264 g/mol. The van der Waals surface area contributed by atoms with Gasteiger partial charge in [0.1, 0.15) is 18.0 Å². The summed E-state index contributed by atoms with van der Waals surface area (Å²) in [5.41, 5.74) is 0. The molecule has 0 aliphatic heterocycles. The van der Waals surface area contributed by atoms with Crippen molar-refractivity contribution in [1.82, 2.24) is 9.97 Å².